The van der Waals surface area contributed by atoms with Gasteiger partial charge in [0, 0.05) is 0 Å². The van der Waals surface area contributed by atoms with Crippen LogP contribution in [0.15, 0.2) is 24.3 Å². The average molecular weight is 273 g/mol. The first-order valence-corrected chi connectivity index (χ1v) is 6.47. The van der Waals surface area contributed by atoms with E-state index in [1.54, 1.807) is 12.1 Å². The lowest BCUT2D eigenvalue weighted by Crippen LogP contribution is -2.34. The highest BCUT2D eigenvalue weighted by atomic mass is 35.5. The largest absolute Gasteiger partial charge is 0.330 e. The summed E-state index contributed by atoms with van der Waals surface area (Å²) in [6, 6.07) is 6.98. The van der Waals surface area contributed by atoms with Crippen molar-refractivity contribution >= 4 is 12.4 Å². The molecule has 4 heteroatoms. The van der Waals surface area contributed by atoms with Crippen LogP contribution in [0.5, 0.6) is 0 Å². The van der Waals surface area contributed by atoms with Crippen molar-refractivity contribution in [2.45, 2.75) is 25.2 Å². The van der Waals surface area contributed by atoms with E-state index >= 15 is 0 Å². The van der Waals surface area contributed by atoms with Gasteiger partial charge in [0.05, 0.1) is 0 Å². The van der Waals surface area contributed by atoms with Crippen LogP contribution >= 0.6 is 12.4 Å². The van der Waals surface area contributed by atoms with Gasteiger partial charge in [-0.25, -0.2) is 4.39 Å². The van der Waals surface area contributed by atoms with Gasteiger partial charge in [0.2, 0.25) is 0 Å². The SMILES string of the molecule is Cl.NCCCN1CCC(c2ccc(F)cc2)CC1. The number of hydrogen-bond donors (Lipinski definition) is 1. The summed E-state index contributed by atoms with van der Waals surface area (Å²) < 4.78 is 12.8. The van der Waals surface area contributed by atoms with E-state index in [0.29, 0.717) is 5.92 Å². The topological polar surface area (TPSA) is 29.3 Å². The van der Waals surface area contributed by atoms with Crippen molar-refractivity contribution in [2.75, 3.05) is 26.2 Å². The predicted molar refractivity (Wildman–Crippen MR) is 75.7 cm³/mol. The highest BCUT2D eigenvalue weighted by Gasteiger charge is 2.19. The van der Waals surface area contributed by atoms with Crippen molar-refractivity contribution in [3.05, 3.63) is 35.6 Å². The first kappa shape index (κ1) is 15.4. The molecule has 2 nitrogen and oxygen atoms in total. The molecule has 1 aromatic carbocycles. The van der Waals surface area contributed by atoms with E-state index in [0.717, 1.165) is 32.6 Å². The van der Waals surface area contributed by atoms with Gasteiger partial charge in [0.1, 0.15) is 5.82 Å². The lowest BCUT2D eigenvalue weighted by atomic mass is 9.89. The molecular weight excluding hydrogens is 251 g/mol. The summed E-state index contributed by atoms with van der Waals surface area (Å²) in [6.45, 7) is 4.18. The maximum atomic E-state index is 12.8. The molecule has 0 aromatic heterocycles. The Morgan fingerprint density at radius 3 is 2.33 bits per heavy atom. The molecule has 1 aliphatic heterocycles. The lowest BCUT2D eigenvalue weighted by Gasteiger charge is -2.32. The van der Waals surface area contributed by atoms with Crippen LogP contribution in [0.2, 0.25) is 0 Å². The maximum Gasteiger partial charge on any atom is 0.123 e. The molecule has 0 unspecified atom stereocenters. The van der Waals surface area contributed by atoms with Crippen LogP contribution < -0.4 is 5.73 Å². The van der Waals surface area contributed by atoms with Gasteiger partial charge in [-0.1, -0.05) is 12.1 Å². The van der Waals surface area contributed by atoms with E-state index < -0.39 is 0 Å². The standard InChI is InChI=1S/C14H21FN2.ClH/c15-14-4-2-12(3-5-14)13-6-10-17(11-7-13)9-1-8-16;/h2-5,13H,1,6-11,16H2;1H. The zero-order chi connectivity index (χ0) is 12.1. The molecule has 2 N–H and O–H groups in total. The van der Waals surface area contributed by atoms with Crippen LogP contribution in [0.4, 0.5) is 4.39 Å². The van der Waals surface area contributed by atoms with Crippen LogP contribution in [0, 0.1) is 5.82 Å². The van der Waals surface area contributed by atoms with Crippen LogP contribution in [-0.4, -0.2) is 31.1 Å². The highest BCUT2D eigenvalue weighted by molar-refractivity contribution is 5.85. The quantitative estimate of drug-likeness (QED) is 0.913. The normalized spacial score (nSPS) is 17.4. The fraction of sp³-hybridized carbons (Fsp3) is 0.571. The Kier molecular flexibility index (Phi) is 6.61. The third kappa shape index (κ3) is 4.23. The number of likely N-dealkylation sites (tertiary alicyclic amines) is 1. The third-order valence-electron chi connectivity index (χ3n) is 3.61. The van der Waals surface area contributed by atoms with E-state index in [4.69, 9.17) is 5.73 Å². The molecule has 0 spiro atoms. The third-order valence-corrected chi connectivity index (χ3v) is 3.61. The average Bonchev–Trinajstić information content (AvgIpc) is 2.38. The molecule has 1 saturated heterocycles. The number of nitrogens with two attached hydrogens (primary N) is 1. The number of piperidine rings is 1. The minimum atomic E-state index is -0.144. The van der Waals surface area contributed by atoms with Crippen molar-refractivity contribution < 1.29 is 4.39 Å². The van der Waals surface area contributed by atoms with Crippen molar-refractivity contribution in [3.63, 3.8) is 0 Å². The molecule has 0 atom stereocenters. The first-order valence-electron chi connectivity index (χ1n) is 6.47. The van der Waals surface area contributed by atoms with Gasteiger partial charge in [-0.05, 0) is 69.1 Å². The second-order valence-electron chi connectivity index (χ2n) is 4.81. The number of nitrogens with zero attached hydrogens (tertiary/aromatic N) is 1. The fourth-order valence-electron chi connectivity index (χ4n) is 2.54. The second-order valence-corrected chi connectivity index (χ2v) is 4.81. The second kappa shape index (κ2) is 7.72. The first-order chi connectivity index (χ1) is 8.29. The molecule has 0 bridgehead atoms. The Bertz CT molecular complexity index is 334. The molecule has 0 amide bonds. The summed E-state index contributed by atoms with van der Waals surface area (Å²) in [7, 11) is 0. The molecule has 102 valence electrons. The van der Waals surface area contributed by atoms with Crippen LogP contribution in [0.25, 0.3) is 0 Å². The summed E-state index contributed by atoms with van der Waals surface area (Å²) in [4.78, 5) is 2.48. The molecule has 2 rings (SSSR count). The highest BCUT2D eigenvalue weighted by Crippen LogP contribution is 2.27. The number of halogens is 2. The van der Waals surface area contributed by atoms with Crippen LogP contribution in [0.3, 0.4) is 0 Å². The summed E-state index contributed by atoms with van der Waals surface area (Å²) in [5.41, 5.74) is 6.80. The minimum absolute atomic E-state index is 0. The van der Waals surface area contributed by atoms with E-state index in [1.165, 1.54) is 18.4 Å². The Hall–Kier alpha value is -0.640. The Labute approximate surface area is 115 Å². The van der Waals surface area contributed by atoms with Gasteiger partial charge in [-0.3, -0.25) is 0 Å². The van der Waals surface area contributed by atoms with Crippen molar-refractivity contribution in [3.8, 4) is 0 Å². The number of hydrogen-bond acceptors (Lipinski definition) is 2. The predicted octanol–water partition coefficient (Wildman–Crippen LogP) is 2.78. The van der Waals surface area contributed by atoms with Gasteiger partial charge in [0.25, 0.3) is 0 Å². The zero-order valence-corrected chi connectivity index (χ0v) is 11.5. The number of rotatable bonds is 4. The van der Waals surface area contributed by atoms with Gasteiger partial charge >= 0.3 is 0 Å². The lowest BCUT2D eigenvalue weighted by molar-refractivity contribution is 0.211. The molecule has 1 fully saturated rings. The fourth-order valence-corrected chi connectivity index (χ4v) is 2.54. The molecule has 1 aromatic rings. The van der Waals surface area contributed by atoms with E-state index in [2.05, 4.69) is 4.90 Å². The molecule has 1 aliphatic rings. The molecule has 0 radical (unpaired) electrons. The van der Waals surface area contributed by atoms with Gasteiger partial charge in [-0.2, -0.15) is 0 Å². The Morgan fingerprint density at radius 2 is 1.78 bits per heavy atom. The summed E-state index contributed by atoms with van der Waals surface area (Å²) in [5, 5.41) is 0. The maximum absolute atomic E-state index is 12.8. The van der Waals surface area contributed by atoms with Gasteiger partial charge in [0.15, 0.2) is 0 Å². The van der Waals surface area contributed by atoms with E-state index in [-0.39, 0.29) is 18.2 Å². The summed E-state index contributed by atoms with van der Waals surface area (Å²) in [6.07, 6.45) is 3.44. The van der Waals surface area contributed by atoms with E-state index in [9.17, 15) is 4.39 Å². The Morgan fingerprint density at radius 1 is 1.17 bits per heavy atom. The summed E-state index contributed by atoms with van der Waals surface area (Å²) >= 11 is 0. The zero-order valence-electron chi connectivity index (χ0n) is 10.6. The van der Waals surface area contributed by atoms with Crippen molar-refractivity contribution in [1.82, 2.24) is 4.90 Å². The Balaban J connectivity index is 0.00000162. The monoisotopic (exact) mass is 272 g/mol. The van der Waals surface area contributed by atoms with Crippen molar-refractivity contribution in [2.24, 2.45) is 5.73 Å². The molecule has 0 aliphatic carbocycles. The van der Waals surface area contributed by atoms with Crippen molar-refractivity contribution in [1.29, 1.82) is 0 Å². The van der Waals surface area contributed by atoms with E-state index in [1.807, 2.05) is 12.1 Å². The number of benzene rings is 1. The summed E-state index contributed by atoms with van der Waals surface area (Å²) in [5.74, 6) is 0.457. The molecule has 18 heavy (non-hydrogen) atoms. The van der Waals surface area contributed by atoms with Crippen LogP contribution in [0.1, 0.15) is 30.7 Å². The minimum Gasteiger partial charge on any atom is -0.330 e. The van der Waals surface area contributed by atoms with Gasteiger partial charge < -0.3 is 10.6 Å². The molecular formula is C14H22ClFN2. The van der Waals surface area contributed by atoms with Crippen LogP contribution in [-0.2, 0) is 0 Å². The molecule has 1 heterocycles. The smallest absolute Gasteiger partial charge is 0.123 e. The van der Waals surface area contributed by atoms with Gasteiger partial charge in [-0.15, -0.1) is 12.4 Å². The molecule has 0 saturated carbocycles.